The third kappa shape index (κ3) is 6.04. The minimum atomic E-state index is -2.64. The number of hydrogen-bond donors (Lipinski definition) is 3. The fourth-order valence-corrected chi connectivity index (χ4v) is 4.14. The van der Waals surface area contributed by atoms with Gasteiger partial charge in [-0.15, -0.1) is 0 Å². The molecule has 1 heterocycles. The number of carbonyl (C=O) groups excluding carboxylic acids is 2. The Labute approximate surface area is 190 Å². The minimum absolute atomic E-state index is 0.0275. The zero-order chi connectivity index (χ0) is 24.4. The van der Waals surface area contributed by atoms with E-state index in [0.29, 0.717) is 24.9 Å². The highest BCUT2D eigenvalue weighted by molar-refractivity contribution is 6.06. The van der Waals surface area contributed by atoms with Crippen molar-refractivity contribution in [1.82, 2.24) is 20.4 Å². The Hall–Kier alpha value is -2.62. The van der Waals surface area contributed by atoms with Crippen LogP contribution in [0.3, 0.4) is 0 Å². The lowest BCUT2D eigenvalue weighted by Crippen LogP contribution is -2.54. The van der Waals surface area contributed by atoms with Gasteiger partial charge >= 0.3 is 0 Å². The van der Waals surface area contributed by atoms with Gasteiger partial charge < -0.3 is 15.7 Å². The molecule has 0 unspecified atom stereocenters. The lowest BCUT2D eigenvalue weighted by atomic mass is 9.86. The fraction of sp³-hybridized carbons (Fsp3) is 0.609. The van der Waals surface area contributed by atoms with E-state index in [1.807, 2.05) is 0 Å². The highest BCUT2D eigenvalue weighted by atomic mass is 19.3. The van der Waals surface area contributed by atoms with Gasteiger partial charge in [-0.1, -0.05) is 20.8 Å². The van der Waals surface area contributed by atoms with E-state index in [4.69, 9.17) is 5.11 Å². The normalized spacial score (nSPS) is 17.7. The summed E-state index contributed by atoms with van der Waals surface area (Å²) in [6.45, 7) is 5.50. The number of nitrogens with zero attached hydrogens (tertiary/aromatic N) is 2. The zero-order valence-corrected chi connectivity index (χ0v) is 19.1. The molecular formula is C23H31F3N4O3. The Morgan fingerprint density at radius 3 is 2.55 bits per heavy atom. The van der Waals surface area contributed by atoms with Crippen LogP contribution in [0.15, 0.2) is 18.2 Å². The third-order valence-corrected chi connectivity index (χ3v) is 6.01. The summed E-state index contributed by atoms with van der Waals surface area (Å²) in [5.74, 6) is -4.31. The number of nitrogens with one attached hydrogen (secondary N) is 2. The van der Waals surface area contributed by atoms with Crippen LogP contribution in [0.25, 0.3) is 10.9 Å². The molecule has 1 fully saturated rings. The molecule has 0 radical (unpaired) electrons. The number of alkyl halides is 2. The van der Waals surface area contributed by atoms with Crippen molar-refractivity contribution in [2.75, 3.05) is 13.2 Å². The van der Waals surface area contributed by atoms with Crippen LogP contribution in [0.4, 0.5) is 13.2 Å². The number of rotatable bonds is 7. The van der Waals surface area contributed by atoms with E-state index in [9.17, 15) is 22.8 Å². The summed E-state index contributed by atoms with van der Waals surface area (Å²) in [6, 6.07) is 3.06. The number of benzene rings is 1. The van der Waals surface area contributed by atoms with Gasteiger partial charge in [-0.3, -0.25) is 14.3 Å². The standard InChI is InChI=1S/C23H31F3N4O3/c1-22(2,3)19(21(33)27-10-11-31)28-20(32)18-16-12-15(24)4-5-17(16)30(29-18)13-14-6-8-23(25,26)9-7-14/h4-5,12,14,19,31H,6-11,13H2,1-3H3,(H,27,33)(H,28,32)/t19-/m1/s1. The summed E-state index contributed by atoms with van der Waals surface area (Å²) in [5.41, 5.74) is -0.155. The van der Waals surface area contributed by atoms with E-state index in [1.54, 1.807) is 25.5 Å². The van der Waals surface area contributed by atoms with Gasteiger partial charge in [-0.05, 0) is 42.4 Å². The van der Waals surface area contributed by atoms with Crippen molar-refractivity contribution in [3.8, 4) is 0 Å². The molecular weight excluding hydrogens is 437 g/mol. The molecule has 0 bridgehead atoms. The molecule has 7 nitrogen and oxygen atoms in total. The van der Waals surface area contributed by atoms with Crippen LogP contribution in [0.1, 0.15) is 56.9 Å². The van der Waals surface area contributed by atoms with Crippen molar-refractivity contribution in [2.45, 2.75) is 65.0 Å². The third-order valence-electron chi connectivity index (χ3n) is 6.01. The Morgan fingerprint density at radius 1 is 1.27 bits per heavy atom. The molecule has 0 aliphatic heterocycles. The first-order chi connectivity index (χ1) is 15.4. The van der Waals surface area contributed by atoms with Crippen LogP contribution < -0.4 is 10.6 Å². The van der Waals surface area contributed by atoms with Crippen molar-refractivity contribution in [3.63, 3.8) is 0 Å². The average molecular weight is 469 g/mol. The zero-order valence-electron chi connectivity index (χ0n) is 19.1. The quantitative estimate of drug-likeness (QED) is 0.581. The first kappa shape index (κ1) is 25.0. The number of carbonyl (C=O) groups is 2. The number of aliphatic hydroxyl groups excluding tert-OH is 1. The molecule has 3 N–H and O–H groups in total. The first-order valence-electron chi connectivity index (χ1n) is 11.1. The van der Waals surface area contributed by atoms with Gasteiger partial charge in [0.05, 0.1) is 12.1 Å². The first-order valence-corrected chi connectivity index (χ1v) is 11.1. The maximum atomic E-state index is 14.0. The average Bonchev–Trinajstić information content (AvgIpc) is 3.08. The number of fused-ring (bicyclic) bond motifs is 1. The topological polar surface area (TPSA) is 96.2 Å². The predicted octanol–water partition coefficient (Wildman–Crippen LogP) is 3.25. The molecule has 10 heteroatoms. The Bertz CT molecular complexity index is 1010. The SMILES string of the molecule is CC(C)(C)[C@H](NC(=O)c1nn(CC2CCC(F)(F)CC2)c2ccc(F)cc12)C(=O)NCCO. The lowest BCUT2D eigenvalue weighted by Gasteiger charge is -2.30. The molecule has 0 spiro atoms. The molecule has 1 aliphatic carbocycles. The van der Waals surface area contributed by atoms with E-state index >= 15 is 0 Å². The summed E-state index contributed by atoms with van der Waals surface area (Å²) >= 11 is 0. The van der Waals surface area contributed by atoms with Crippen molar-refractivity contribution in [3.05, 3.63) is 29.7 Å². The summed E-state index contributed by atoms with van der Waals surface area (Å²) in [6.07, 6.45) is 0.312. The second-order valence-electron chi connectivity index (χ2n) is 9.78. The summed E-state index contributed by atoms with van der Waals surface area (Å²) < 4.78 is 42.6. The Balaban J connectivity index is 1.88. The molecule has 0 saturated heterocycles. The largest absolute Gasteiger partial charge is 0.395 e. The molecule has 1 aromatic carbocycles. The number of amides is 2. The second-order valence-corrected chi connectivity index (χ2v) is 9.78. The van der Waals surface area contributed by atoms with Gasteiger partial charge in [-0.2, -0.15) is 5.10 Å². The van der Waals surface area contributed by atoms with Crippen molar-refractivity contribution in [1.29, 1.82) is 0 Å². The van der Waals surface area contributed by atoms with Gasteiger partial charge in [0.15, 0.2) is 5.69 Å². The fourth-order valence-electron chi connectivity index (χ4n) is 4.14. The number of hydrogen-bond acceptors (Lipinski definition) is 4. The van der Waals surface area contributed by atoms with Crippen LogP contribution in [0.5, 0.6) is 0 Å². The van der Waals surface area contributed by atoms with Gasteiger partial charge in [0.2, 0.25) is 11.8 Å². The van der Waals surface area contributed by atoms with E-state index in [1.165, 1.54) is 18.2 Å². The molecule has 1 aromatic heterocycles. The maximum Gasteiger partial charge on any atom is 0.273 e. The summed E-state index contributed by atoms with van der Waals surface area (Å²) in [5, 5.41) is 18.9. The molecule has 33 heavy (non-hydrogen) atoms. The minimum Gasteiger partial charge on any atom is -0.395 e. The van der Waals surface area contributed by atoms with Gasteiger partial charge in [0.25, 0.3) is 5.91 Å². The van der Waals surface area contributed by atoms with Crippen LogP contribution >= 0.6 is 0 Å². The molecule has 2 aromatic rings. The molecule has 3 rings (SSSR count). The van der Waals surface area contributed by atoms with Gasteiger partial charge in [0.1, 0.15) is 11.9 Å². The Kier molecular flexibility index (Phi) is 7.36. The van der Waals surface area contributed by atoms with E-state index in [-0.39, 0.29) is 43.0 Å². The van der Waals surface area contributed by atoms with E-state index in [2.05, 4.69) is 15.7 Å². The van der Waals surface area contributed by atoms with Crippen molar-refractivity contribution < 1.29 is 27.9 Å². The van der Waals surface area contributed by atoms with Gasteiger partial charge in [0, 0.05) is 31.3 Å². The van der Waals surface area contributed by atoms with Crippen LogP contribution in [0, 0.1) is 17.2 Å². The molecule has 182 valence electrons. The second kappa shape index (κ2) is 9.70. The predicted molar refractivity (Wildman–Crippen MR) is 117 cm³/mol. The summed E-state index contributed by atoms with van der Waals surface area (Å²) in [4.78, 5) is 25.7. The summed E-state index contributed by atoms with van der Waals surface area (Å²) in [7, 11) is 0. The molecule has 1 aliphatic rings. The maximum absolute atomic E-state index is 14.0. The highest BCUT2D eigenvalue weighted by Crippen LogP contribution is 2.37. The highest BCUT2D eigenvalue weighted by Gasteiger charge is 2.36. The number of aromatic nitrogens is 2. The smallest absolute Gasteiger partial charge is 0.273 e. The van der Waals surface area contributed by atoms with Crippen LogP contribution in [-0.4, -0.2) is 51.8 Å². The van der Waals surface area contributed by atoms with E-state index in [0.717, 1.165) is 0 Å². The number of halogens is 3. The van der Waals surface area contributed by atoms with E-state index < -0.39 is 35.0 Å². The molecule has 1 saturated carbocycles. The lowest BCUT2D eigenvalue weighted by molar-refractivity contribution is -0.125. The Morgan fingerprint density at radius 2 is 1.94 bits per heavy atom. The van der Waals surface area contributed by atoms with Crippen LogP contribution in [-0.2, 0) is 11.3 Å². The monoisotopic (exact) mass is 468 g/mol. The van der Waals surface area contributed by atoms with Gasteiger partial charge in [-0.25, -0.2) is 13.2 Å². The van der Waals surface area contributed by atoms with Crippen LogP contribution in [0.2, 0.25) is 0 Å². The molecule has 1 atom stereocenters. The molecule has 2 amide bonds. The van der Waals surface area contributed by atoms with Crippen molar-refractivity contribution >= 4 is 22.7 Å². The van der Waals surface area contributed by atoms with Crippen molar-refractivity contribution in [2.24, 2.45) is 11.3 Å². The number of aliphatic hydroxyl groups is 1.